The largest absolute Gasteiger partial charge is 0.457 e. The lowest BCUT2D eigenvalue weighted by molar-refractivity contribution is -0.121. The van der Waals surface area contributed by atoms with E-state index in [1.54, 1.807) is 0 Å². The van der Waals surface area contributed by atoms with Crippen molar-refractivity contribution in [2.24, 2.45) is 0 Å². The van der Waals surface area contributed by atoms with Crippen molar-refractivity contribution < 1.29 is 17.9 Å². The van der Waals surface area contributed by atoms with Crippen molar-refractivity contribution >= 4 is 38.9 Å². The number of hydrogen-bond donors (Lipinski definition) is 1. The zero-order valence-corrected chi connectivity index (χ0v) is 17.7. The van der Waals surface area contributed by atoms with Crippen LogP contribution in [0.15, 0.2) is 64.9 Å². The number of hydrogen-bond acceptors (Lipinski definition) is 5. The van der Waals surface area contributed by atoms with Crippen molar-refractivity contribution in [3.05, 3.63) is 76.1 Å². The van der Waals surface area contributed by atoms with Gasteiger partial charge in [-0.25, -0.2) is 8.42 Å². The van der Waals surface area contributed by atoms with Crippen molar-refractivity contribution in [1.82, 2.24) is 9.62 Å². The van der Waals surface area contributed by atoms with Crippen molar-refractivity contribution in [2.75, 3.05) is 13.6 Å². The molecule has 1 N–H and O–H groups in total. The van der Waals surface area contributed by atoms with E-state index in [0.29, 0.717) is 15.8 Å². The molecular formula is C20H17ClN2O4S2. The second-order valence-corrected chi connectivity index (χ2v) is 10.5. The molecule has 0 bridgehead atoms. The molecule has 4 rings (SSSR count). The van der Waals surface area contributed by atoms with E-state index in [1.165, 1.54) is 19.2 Å². The fourth-order valence-corrected chi connectivity index (χ4v) is 5.97. The second-order valence-electron chi connectivity index (χ2n) is 6.50. The van der Waals surface area contributed by atoms with Crippen molar-refractivity contribution in [1.29, 1.82) is 0 Å². The highest BCUT2D eigenvalue weighted by molar-refractivity contribution is 7.91. The molecule has 150 valence electrons. The number of fused-ring (bicyclic) bond motifs is 2. The summed E-state index contributed by atoms with van der Waals surface area (Å²) >= 11 is 6.80. The quantitative estimate of drug-likeness (QED) is 0.639. The van der Waals surface area contributed by atoms with Crippen LogP contribution in [-0.4, -0.2) is 32.2 Å². The summed E-state index contributed by atoms with van der Waals surface area (Å²) in [4.78, 5) is 12.7. The maximum atomic E-state index is 12.7. The summed E-state index contributed by atoms with van der Waals surface area (Å²) in [6, 6.07) is 17.4. The van der Waals surface area contributed by atoms with Gasteiger partial charge < -0.3 is 10.1 Å². The molecule has 1 aliphatic rings. The molecule has 6 nitrogen and oxygen atoms in total. The molecule has 0 atom stereocenters. The van der Waals surface area contributed by atoms with Crippen LogP contribution in [0, 0.1) is 0 Å². The van der Waals surface area contributed by atoms with Gasteiger partial charge in [-0.05, 0) is 24.3 Å². The lowest BCUT2D eigenvalue weighted by Crippen LogP contribution is -2.40. The highest BCUT2D eigenvalue weighted by Crippen LogP contribution is 2.42. The van der Waals surface area contributed by atoms with E-state index in [0.717, 1.165) is 26.8 Å². The number of thiophene rings is 1. The van der Waals surface area contributed by atoms with E-state index in [1.807, 2.05) is 48.5 Å². The summed E-state index contributed by atoms with van der Waals surface area (Å²) in [5.74, 6) is 0.895. The van der Waals surface area contributed by atoms with Gasteiger partial charge in [-0.3, -0.25) is 4.79 Å². The summed E-state index contributed by atoms with van der Waals surface area (Å²) < 4.78 is 32.7. The highest BCUT2D eigenvalue weighted by Gasteiger charge is 2.30. The topological polar surface area (TPSA) is 75.7 Å². The van der Waals surface area contributed by atoms with Crippen LogP contribution in [0.3, 0.4) is 0 Å². The second kappa shape index (κ2) is 7.79. The number of amides is 1. The fourth-order valence-electron chi connectivity index (χ4n) is 3.15. The summed E-state index contributed by atoms with van der Waals surface area (Å²) in [5.41, 5.74) is 1.63. The molecule has 2 heterocycles. The molecule has 9 heteroatoms. The zero-order valence-electron chi connectivity index (χ0n) is 15.3. The molecule has 1 amide bonds. The maximum Gasteiger partial charge on any atom is 0.252 e. The molecule has 0 fully saturated rings. The Balaban J connectivity index is 1.56. The van der Waals surface area contributed by atoms with Crippen LogP contribution in [0.2, 0.25) is 4.34 Å². The number of carbonyl (C=O) groups excluding carboxylic acids is 1. The fraction of sp³-hybridized carbons (Fsp3) is 0.150. The Kier molecular flexibility index (Phi) is 5.35. The number of ether oxygens (including phenoxy) is 1. The van der Waals surface area contributed by atoms with Gasteiger partial charge in [0.05, 0.1) is 16.9 Å². The van der Waals surface area contributed by atoms with Gasteiger partial charge in [0, 0.05) is 18.2 Å². The first-order chi connectivity index (χ1) is 13.9. The van der Waals surface area contributed by atoms with Crippen LogP contribution in [0.4, 0.5) is 0 Å². The number of nitrogens with one attached hydrogen (secondary N) is 1. The monoisotopic (exact) mass is 448 g/mol. The number of benzene rings is 2. The third-order valence-electron chi connectivity index (χ3n) is 4.56. The predicted molar refractivity (Wildman–Crippen MR) is 112 cm³/mol. The molecule has 0 unspecified atom stereocenters. The van der Waals surface area contributed by atoms with E-state index in [9.17, 15) is 13.2 Å². The standard InChI is InChI=1S/C20H17ClN2O4S2/c1-23(29(25,26)19-11-10-17(21)28-19)12-18(24)22-20-13-6-2-4-8-15(13)27-16-9-5-3-7-14(16)20/h2-11,20H,12H2,1H3,(H,22,24). The summed E-state index contributed by atoms with van der Waals surface area (Å²) in [6.45, 7) is -0.320. The third-order valence-corrected chi connectivity index (χ3v) is 8.07. The van der Waals surface area contributed by atoms with Gasteiger partial charge in [0.15, 0.2) is 0 Å². The molecule has 0 saturated heterocycles. The Bertz CT molecular complexity index is 1130. The van der Waals surface area contributed by atoms with Gasteiger partial charge >= 0.3 is 0 Å². The van der Waals surface area contributed by atoms with E-state index < -0.39 is 22.0 Å². The van der Waals surface area contributed by atoms with E-state index in [-0.39, 0.29) is 10.8 Å². The van der Waals surface area contributed by atoms with Gasteiger partial charge in [0.25, 0.3) is 10.0 Å². The van der Waals surface area contributed by atoms with Gasteiger partial charge in [0.2, 0.25) is 5.91 Å². The molecule has 0 saturated carbocycles. The Morgan fingerprint density at radius 1 is 1.07 bits per heavy atom. The SMILES string of the molecule is CN(CC(=O)NC1c2ccccc2Oc2ccccc21)S(=O)(=O)c1ccc(Cl)s1. The molecule has 0 radical (unpaired) electrons. The van der Waals surface area contributed by atoms with Crippen molar-refractivity contribution in [3.63, 3.8) is 0 Å². The summed E-state index contributed by atoms with van der Waals surface area (Å²) in [5, 5.41) is 2.94. The Morgan fingerprint density at radius 2 is 1.66 bits per heavy atom. The first kappa shape index (κ1) is 19.9. The number of para-hydroxylation sites is 2. The molecule has 1 aromatic heterocycles. The Hall–Kier alpha value is -2.39. The lowest BCUT2D eigenvalue weighted by Gasteiger charge is -2.29. The van der Waals surface area contributed by atoms with Crippen LogP contribution in [0.25, 0.3) is 0 Å². The predicted octanol–water partition coefficient (Wildman–Crippen LogP) is 4.03. The smallest absolute Gasteiger partial charge is 0.252 e. The number of rotatable bonds is 5. The molecule has 1 aliphatic heterocycles. The van der Waals surface area contributed by atoms with Gasteiger partial charge in [-0.1, -0.05) is 48.0 Å². The van der Waals surface area contributed by atoms with Gasteiger partial charge in [-0.2, -0.15) is 4.31 Å². The minimum Gasteiger partial charge on any atom is -0.457 e. The molecule has 3 aromatic rings. The molecule has 2 aromatic carbocycles. The zero-order chi connectivity index (χ0) is 20.6. The first-order valence-corrected chi connectivity index (χ1v) is 11.4. The Morgan fingerprint density at radius 3 is 2.21 bits per heavy atom. The van der Waals surface area contributed by atoms with Gasteiger partial charge in [-0.15, -0.1) is 11.3 Å². The number of sulfonamides is 1. The third kappa shape index (κ3) is 3.89. The van der Waals surface area contributed by atoms with Crippen molar-refractivity contribution in [2.45, 2.75) is 10.3 Å². The number of halogens is 1. The maximum absolute atomic E-state index is 12.7. The number of likely N-dealkylation sites (N-methyl/N-ethyl adjacent to an activating group) is 1. The lowest BCUT2D eigenvalue weighted by atomic mass is 9.94. The van der Waals surface area contributed by atoms with Crippen LogP contribution in [0.5, 0.6) is 11.5 Å². The average molecular weight is 449 g/mol. The van der Waals surface area contributed by atoms with Crippen LogP contribution in [-0.2, 0) is 14.8 Å². The van der Waals surface area contributed by atoms with E-state index >= 15 is 0 Å². The summed E-state index contributed by atoms with van der Waals surface area (Å²) in [7, 11) is -2.42. The number of nitrogens with zero attached hydrogens (tertiary/aromatic N) is 1. The summed E-state index contributed by atoms with van der Waals surface area (Å²) in [6.07, 6.45) is 0. The molecule has 0 aliphatic carbocycles. The van der Waals surface area contributed by atoms with Crippen molar-refractivity contribution in [3.8, 4) is 11.5 Å². The van der Waals surface area contributed by atoms with Gasteiger partial charge in [0.1, 0.15) is 15.7 Å². The minimum atomic E-state index is -3.79. The van der Waals surface area contributed by atoms with Crippen LogP contribution < -0.4 is 10.1 Å². The molecule has 29 heavy (non-hydrogen) atoms. The highest BCUT2D eigenvalue weighted by atomic mass is 35.5. The average Bonchev–Trinajstić information content (AvgIpc) is 3.15. The minimum absolute atomic E-state index is 0.0968. The Labute approximate surface area is 177 Å². The van der Waals surface area contributed by atoms with E-state index in [4.69, 9.17) is 16.3 Å². The first-order valence-electron chi connectivity index (χ1n) is 8.73. The molecular weight excluding hydrogens is 432 g/mol. The van der Waals surface area contributed by atoms with E-state index in [2.05, 4.69) is 5.32 Å². The number of carbonyl (C=O) groups is 1. The van der Waals surface area contributed by atoms with Crippen LogP contribution >= 0.6 is 22.9 Å². The van der Waals surface area contributed by atoms with Crippen LogP contribution in [0.1, 0.15) is 17.2 Å². The normalized spacial score (nSPS) is 13.5. The molecule has 0 spiro atoms.